The summed E-state index contributed by atoms with van der Waals surface area (Å²) in [5, 5.41) is 0. The summed E-state index contributed by atoms with van der Waals surface area (Å²) in [7, 11) is 0. The van der Waals surface area contributed by atoms with Crippen molar-refractivity contribution in [3.05, 3.63) is 50.7 Å². The number of H-pyrrole nitrogens is 1. The standard InChI is InChI=1S/C27H39N5O4/c1-6-8-13-30-24(28)23(25(34)29-27(30)36)32(15-17(3)4)26(35)19-14-22(33)31(16-19)21-12-10-9-11-20(21)18(5)7-2/h9-12,17-19H,6-8,13-16,28H2,1-5H3,(H,29,34,36)/t18-,19+/m0/s1. The molecule has 1 fully saturated rings. The maximum Gasteiger partial charge on any atom is 0.330 e. The molecule has 2 heterocycles. The summed E-state index contributed by atoms with van der Waals surface area (Å²) < 4.78 is 1.31. The number of para-hydroxylation sites is 1. The molecule has 1 saturated heterocycles. The van der Waals surface area contributed by atoms with Crippen LogP contribution in [0.3, 0.4) is 0 Å². The third kappa shape index (κ3) is 5.55. The van der Waals surface area contributed by atoms with Gasteiger partial charge in [-0.05, 0) is 36.3 Å². The van der Waals surface area contributed by atoms with Crippen molar-refractivity contribution in [2.24, 2.45) is 11.8 Å². The Balaban J connectivity index is 1.99. The van der Waals surface area contributed by atoms with E-state index in [1.807, 2.05) is 45.0 Å². The predicted molar refractivity (Wildman–Crippen MR) is 143 cm³/mol. The normalized spacial score (nSPS) is 16.6. The predicted octanol–water partition coefficient (Wildman–Crippen LogP) is 3.47. The van der Waals surface area contributed by atoms with Gasteiger partial charge in [0.25, 0.3) is 5.56 Å². The van der Waals surface area contributed by atoms with Gasteiger partial charge in [0.05, 0.1) is 5.92 Å². The van der Waals surface area contributed by atoms with E-state index in [4.69, 9.17) is 5.73 Å². The van der Waals surface area contributed by atoms with E-state index in [9.17, 15) is 19.2 Å². The topological polar surface area (TPSA) is 121 Å². The van der Waals surface area contributed by atoms with Crippen LogP contribution < -0.4 is 26.8 Å². The molecule has 2 aromatic rings. The quantitative estimate of drug-likeness (QED) is 0.521. The monoisotopic (exact) mass is 497 g/mol. The Morgan fingerprint density at radius 1 is 1.17 bits per heavy atom. The number of nitrogen functional groups attached to an aromatic ring is 1. The third-order valence-corrected chi connectivity index (χ3v) is 6.88. The molecule has 1 aliphatic heterocycles. The lowest BCUT2D eigenvalue weighted by molar-refractivity contribution is -0.124. The van der Waals surface area contributed by atoms with Crippen LogP contribution >= 0.6 is 0 Å². The van der Waals surface area contributed by atoms with Gasteiger partial charge in [-0.3, -0.25) is 23.9 Å². The summed E-state index contributed by atoms with van der Waals surface area (Å²) >= 11 is 0. The number of carbonyl (C=O) groups excluding carboxylic acids is 2. The van der Waals surface area contributed by atoms with Crippen LogP contribution in [0.1, 0.15) is 71.8 Å². The first-order chi connectivity index (χ1) is 17.1. The minimum absolute atomic E-state index is 0.0182. The summed E-state index contributed by atoms with van der Waals surface area (Å²) in [5.74, 6) is -0.806. The third-order valence-electron chi connectivity index (χ3n) is 6.88. The van der Waals surface area contributed by atoms with Crippen molar-refractivity contribution in [1.82, 2.24) is 9.55 Å². The van der Waals surface area contributed by atoms with Gasteiger partial charge in [-0.25, -0.2) is 4.79 Å². The first kappa shape index (κ1) is 27.2. The van der Waals surface area contributed by atoms with Crippen molar-refractivity contribution in [3.63, 3.8) is 0 Å². The van der Waals surface area contributed by atoms with E-state index < -0.39 is 17.2 Å². The number of nitrogens with one attached hydrogen (secondary N) is 1. The van der Waals surface area contributed by atoms with Gasteiger partial charge in [0.1, 0.15) is 5.82 Å². The van der Waals surface area contributed by atoms with Crippen LogP contribution in [0, 0.1) is 11.8 Å². The molecule has 1 aliphatic rings. The highest BCUT2D eigenvalue weighted by Crippen LogP contribution is 2.34. The average molecular weight is 498 g/mol. The molecule has 0 unspecified atom stereocenters. The number of carbonyl (C=O) groups is 2. The maximum atomic E-state index is 13.8. The number of unbranched alkanes of at least 4 members (excludes halogenated alkanes) is 1. The number of amides is 2. The van der Waals surface area contributed by atoms with E-state index >= 15 is 0 Å². The summed E-state index contributed by atoms with van der Waals surface area (Å²) in [4.78, 5) is 57.7. The lowest BCUT2D eigenvalue weighted by Crippen LogP contribution is -2.45. The van der Waals surface area contributed by atoms with E-state index in [0.717, 1.165) is 24.1 Å². The molecule has 0 saturated carbocycles. The molecule has 9 heteroatoms. The van der Waals surface area contributed by atoms with Gasteiger partial charge in [-0.15, -0.1) is 0 Å². The van der Waals surface area contributed by atoms with Gasteiger partial charge in [-0.1, -0.05) is 59.2 Å². The molecule has 196 valence electrons. The van der Waals surface area contributed by atoms with Gasteiger partial charge < -0.3 is 15.5 Å². The largest absolute Gasteiger partial charge is 0.383 e. The van der Waals surface area contributed by atoms with Crippen molar-refractivity contribution in [2.45, 2.75) is 72.8 Å². The summed E-state index contributed by atoms with van der Waals surface area (Å²) in [6.07, 6.45) is 2.53. The zero-order valence-corrected chi connectivity index (χ0v) is 22.0. The second kappa shape index (κ2) is 11.6. The van der Waals surface area contributed by atoms with E-state index in [-0.39, 0.29) is 54.7 Å². The number of nitrogens with zero attached hydrogens (tertiary/aromatic N) is 3. The molecular weight excluding hydrogens is 458 g/mol. The Bertz CT molecular complexity index is 1220. The van der Waals surface area contributed by atoms with Gasteiger partial charge in [0.15, 0.2) is 5.69 Å². The van der Waals surface area contributed by atoms with E-state index in [2.05, 4.69) is 18.8 Å². The molecule has 0 spiro atoms. The zero-order chi connectivity index (χ0) is 26.6. The minimum atomic E-state index is -0.692. The van der Waals surface area contributed by atoms with Crippen molar-refractivity contribution >= 4 is 29.0 Å². The number of hydrogen-bond donors (Lipinski definition) is 2. The van der Waals surface area contributed by atoms with Crippen LogP contribution in [-0.4, -0.2) is 34.5 Å². The summed E-state index contributed by atoms with van der Waals surface area (Å²) in [5.41, 5.74) is 6.93. The van der Waals surface area contributed by atoms with Crippen molar-refractivity contribution < 1.29 is 9.59 Å². The number of nitrogens with two attached hydrogens (primary N) is 1. The molecule has 36 heavy (non-hydrogen) atoms. The molecule has 0 radical (unpaired) electrons. The van der Waals surface area contributed by atoms with Crippen LogP contribution in [0.5, 0.6) is 0 Å². The number of aromatic nitrogens is 2. The number of rotatable bonds is 10. The molecule has 3 N–H and O–H groups in total. The van der Waals surface area contributed by atoms with Crippen LogP contribution in [0.4, 0.5) is 17.2 Å². The number of anilines is 3. The number of aromatic amines is 1. The Hall–Kier alpha value is -3.36. The van der Waals surface area contributed by atoms with Crippen molar-refractivity contribution in [3.8, 4) is 0 Å². The number of hydrogen-bond acceptors (Lipinski definition) is 5. The zero-order valence-electron chi connectivity index (χ0n) is 22.0. The molecule has 2 atom stereocenters. The fourth-order valence-electron chi connectivity index (χ4n) is 4.73. The fourth-order valence-corrected chi connectivity index (χ4v) is 4.73. The van der Waals surface area contributed by atoms with Gasteiger partial charge in [0, 0.05) is 31.7 Å². The highest BCUT2D eigenvalue weighted by molar-refractivity contribution is 6.05. The Morgan fingerprint density at radius 3 is 2.50 bits per heavy atom. The van der Waals surface area contributed by atoms with Crippen molar-refractivity contribution in [2.75, 3.05) is 28.6 Å². The van der Waals surface area contributed by atoms with Crippen LogP contribution in [0.25, 0.3) is 0 Å². The smallest absolute Gasteiger partial charge is 0.330 e. The van der Waals surface area contributed by atoms with E-state index in [1.54, 1.807) is 4.90 Å². The Kier molecular flexibility index (Phi) is 8.76. The van der Waals surface area contributed by atoms with Gasteiger partial charge in [0.2, 0.25) is 11.8 Å². The molecule has 1 aromatic heterocycles. The molecular formula is C27H39N5O4. The van der Waals surface area contributed by atoms with E-state index in [0.29, 0.717) is 13.0 Å². The fraction of sp³-hybridized carbons (Fsp3) is 0.556. The van der Waals surface area contributed by atoms with Crippen LogP contribution in [0.2, 0.25) is 0 Å². The highest BCUT2D eigenvalue weighted by Gasteiger charge is 2.39. The minimum Gasteiger partial charge on any atom is -0.383 e. The summed E-state index contributed by atoms with van der Waals surface area (Å²) in [6.45, 7) is 10.9. The number of benzene rings is 1. The van der Waals surface area contributed by atoms with Crippen molar-refractivity contribution in [1.29, 1.82) is 0 Å². The Labute approximate surface area is 212 Å². The lowest BCUT2D eigenvalue weighted by Gasteiger charge is -2.28. The average Bonchev–Trinajstić information content (AvgIpc) is 3.23. The van der Waals surface area contributed by atoms with Gasteiger partial charge in [-0.2, -0.15) is 0 Å². The molecule has 0 bridgehead atoms. The second-order valence-corrected chi connectivity index (χ2v) is 10.1. The van der Waals surface area contributed by atoms with E-state index in [1.165, 1.54) is 9.47 Å². The SMILES string of the molecule is CCCCn1c(N)c(N(CC(C)C)C(=O)[C@@H]2CC(=O)N(c3ccccc3[C@@H](C)CC)C2)c(=O)[nH]c1=O. The van der Waals surface area contributed by atoms with Crippen LogP contribution in [-0.2, 0) is 16.1 Å². The lowest BCUT2D eigenvalue weighted by atomic mass is 9.96. The van der Waals surface area contributed by atoms with Gasteiger partial charge >= 0.3 is 5.69 Å². The molecule has 0 aliphatic carbocycles. The molecule has 9 nitrogen and oxygen atoms in total. The Morgan fingerprint density at radius 2 is 1.86 bits per heavy atom. The first-order valence-corrected chi connectivity index (χ1v) is 12.9. The second-order valence-electron chi connectivity index (χ2n) is 10.1. The molecule has 1 aromatic carbocycles. The van der Waals surface area contributed by atoms with Crippen LogP contribution in [0.15, 0.2) is 33.9 Å². The highest BCUT2D eigenvalue weighted by atomic mass is 16.2. The maximum absolute atomic E-state index is 13.8. The first-order valence-electron chi connectivity index (χ1n) is 12.9. The molecule has 3 rings (SSSR count). The summed E-state index contributed by atoms with van der Waals surface area (Å²) in [6, 6.07) is 7.80. The molecule has 2 amide bonds.